The van der Waals surface area contributed by atoms with Crippen LogP contribution < -0.4 is 4.90 Å². The Kier molecular flexibility index (Phi) is 5.91. The SMILES string of the molecule is CCc1cccc(-c2nccc(CC(C)c3cccc(N4CCC(O)C4)c3)n2)c1. The van der Waals surface area contributed by atoms with E-state index in [-0.39, 0.29) is 6.10 Å². The van der Waals surface area contributed by atoms with Gasteiger partial charge in [-0.1, -0.05) is 44.2 Å². The second-order valence-electron chi connectivity index (χ2n) is 8.01. The number of anilines is 1. The molecule has 1 aliphatic rings. The van der Waals surface area contributed by atoms with Gasteiger partial charge < -0.3 is 10.0 Å². The van der Waals surface area contributed by atoms with Gasteiger partial charge in [0.05, 0.1) is 6.10 Å². The van der Waals surface area contributed by atoms with E-state index in [9.17, 15) is 5.11 Å². The summed E-state index contributed by atoms with van der Waals surface area (Å²) in [5, 5.41) is 9.83. The quantitative estimate of drug-likeness (QED) is 0.670. The first-order valence-corrected chi connectivity index (χ1v) is 10.6. The van der Waals surface area contributed by atoms with Crippen molar-refractivity contribution in [2.45, 2.75) is 45.1 Å². The van der Waals surface area contributed by atoms with Gasteiger partial charge in [0.25, 0.3) is 0 Å². The minimum absolute atomic E-state index is 0.207. The zero-order valence-corrected chi connectivity index (χ0v) is 17.3. The van der Waals surface area contributed by atoms with Crippen LogP contribution in [0.3, 0.4) is 0 Å². The van der Waals surface area contributed by atoms with Crippen molar-refractivity contribution in [3.63, 3.8) is 0 Å². The maximum Gasteiger partial charge on any atom is 0.159 e. The topological polar surface area (TPSA) is 49.2 Å². The van der Waals surface area contributed by atoms with Crippen LogP contribution in [0, 0.1) is 0 Å². The third-order valence-electron chi connectivity index (χ3n) is 5.79. The lowest BCUT2D eigenvalue weighted by Gasteiger charge is -2.20. The standard InChI is InChI=1S/C25H29N3O/c1-3-19-6-4-8-21(15-19)25-26-12-10-22(27-25)14-18(2)20-7-5-9-23(16-20)28-13-11-24(29)17-28/h4-10,12,15-16,18,24,29H,3,11,13-14,17H2,1-2H3. The second kappa shape index (κ2) is 8.75. The van der Waals surface area contributed by atoms with Gasteiger partial charge in [0, 0.05) is 36.2 Å². The third-order valence-corrected chi connectivity index (χ3v) is 5.79. The van der Waals surface area contributed by atoms with E-state index in [0.717, 1.165) is 49.4 Å². The fraction of sp³-hybridized carbons (Fsp3) is 0.360. The molecule has 0 radical (unpaired) electrons. The van der Waals surface area contributed by atoms with E-state index in [1.165, 1.54) is 16.8 Å². The van der Waals surface area contributed by atoms with E-state index < -0.39 is 0 Å². The highest BCUT2D eigenvalue weighted by Gasteiger charge is 2.21. The molecule has 4 nitrogen and oxygen atoms in total. The fourth-order valence-electron chi connectivity index (χ4n) is 4.02. The van der Waals surface area contributed by atoms with Crippen molar-refractivity contribution in [1.82, 2.24) is 9.97 Å². The lowest BCUT2D eigenvalue weighted by Crippen LogP contribution is -2.21. The molecule has 1 saturated heterocycles. The van der Waals surface area contributed by atoms with Gasteiger partial charge in [0.2, 0.25) is 0 Å². The average Bonchev–Trinajstić information content (AvgIpc) is 3.20. The lowest BCUT2D eigenvalue weighted by molar-refractivity contribution is 0.198. The number of β-amino-alcohol motifs (C(OH)–C–C–N with tert-alkyl or cyclic N) is 1. The summed E-state index contributed by atoms with van der Waals surface area (Å²) in [5.41, 5.74) is 5.94. The van der Waals surface area contributed by atoms with Gasteiger partial charge in [-0.15, -0.1) is 0 Å². The molecule has 1 aromatic heterocycles. The fourth-order valence-corrected chi connectivity index (χ4v) is 4.02. The van der Waals surface area contributed by atoms with Crippen LogP contribution in [0.15, 0.2) is 60.8 Å². The molecule has 0 saturated carbocycles. The van der Waals surface area contributed by atoms with Gasteiger partial charge >= 0.3 is 0 Å². The van der Waals surface area contributed by atoms with E-state index in [2.05, 4.69) is 72.3 Å². The zero-order chi connectivity index (χ0) is 20.2. The maximum absolute atomic E-state index is 9.83. The summed E-state index contributed by atoms with van der Waals surface area (Å²) >= 11 is 0. The number of nitrogens with zero attached hydrogens (tertiary/aromatic N) is 3. The summed E-state index contributed by atoms with van der Waals surface area (Å²) in [6.07, 6.45) is 4.39. The predicted molar refractivity (Wildman–Crippen MR) is 118 cm³/mol. The van der Waals surface area contributed by atoms with Crippen molar-refractivity contribution < 1.29 is 5.11 Å². The zero-order valence-electron chi connectivity index (χ0n) is 17.3. The minimum atomic E-state index is -0.207. The van der Waals surface area contributed by atoms with E-state index in [0.29, 0.717) is 5.92 Å². The molecular formula is C25H29N3O. The molecule has 1 aliphatic heterocycles. The van der Waals surface area contributed by atoms with Crippen molar-refractivity contribution in [3.05, 3.63) is 77.6 Å². The molecule has 2 atom stereocenters. The van der Waals surface area contributed by atoms with Crippen molar-refractivity contribution in [2.75, 3.05) is 18.0 Å². The minimum Gasteiger partial charge on any atom is -0.391 e. The van der Waals surface area contributed by atoms with Crippen LogP contribution >= 0.6 is 0 Å². The van der Waals surface area contributed by atoms with Gasteiger partial charge in [0.1, 0.15) is 0 Å². The molecule has 0 bridgehead atoms. The van der Waals surface area contributed by atoms with Crippen LogP contribution in [0.2, 0.25) is 0 Å². The van der Waals surface area contributed by atoms with Crippen LogP contribution in [-0.2, 0) is 12.8 Å². The Balaban J connectivity index is 1.51. The molecule has 2 heterocycles. The van der Waals surface area contributed by atoms with Crippen LogP contribution in [0.5, 0.6) is 0 Å². The number of rotatable bonds is 6. The number of aliphatic hydroxyl groups excluding tert-OH is 1. The normalized spacial score (nSPS) is 17.5. The number of benzene rings is 2. The average molecular weight is 388 g/mol. The number of hydrogen-bond donors (Lipinski definition) is 1. The van der Waals surface area contributed by atoms with Crippen LogP contribution in [0.1, 0.15) is 43.0 Å². The molecule has 4 heteroatoms. The number of hydrogen-bond acceptors (Lipinski definition) is 4. The van der Waals surface area contributed by atoms with Gasteiger partial charge in [-0.25, -0.2) is 9.97 Å². The van der Waals surface area contributed by atoms with Gasteiger partial charge in [-0.2, -0.15) is 0 Å². The molecular weight excluding hydrogens is 358 g/mol. The summed E-state index contributed by atoms with van der Waals surface area (Å²) in [6.45, 7) is 6.06. The molecule has 0 spiro atoms. The van der Waals surface area contributed by atoms with Crippen molar-refractivity contribution in [2.24, 2.45) is 0 Å². The van der Waals surface area contributed by atoms with Gasteiger partial charge in [-0.05, 0) is 60.6 Å². The first kappa shape index (κ1) is 19.6. The van der Waals surface area contributed by atoms with Crippen LogP contribution in [0.4, 0.5) is 5.69 Å². The predicted octanol–water partition coefficient (Wildman–Crippen LogP) is 4.62. The summed E-state index contributed by atoms with van der Waals surface area (Å²) in [7, 11) is 0. The molecule has 1 N–H and O–H groups in total. The van der Waals surface area contributed by atoms with Crippen LogP contribution in [0.25, 0.3) is 11.4 Å². The highest BCUT2D eigenvalue weighted by Crippen LogP contribution is 2.27. The molecule has 0 amide bonds. The largest absolute Gasteiger partial charge is 0.391 e. The van der Waals surface area contributed by atoms with Gasteiger partial charge in [-0.3, -0.25) is 0 Å². The molecule has 4 rings (SSSR count). The van der Waals surface area contributed by atoms with E-state index in [1.807, 2.05) is 12.3 Å². The summed E-state index contributed by atoms with van der Waals surface area (Å²) < 4.78 is 0. The van der Waals surface area contributed by atoms with E-state index >= 15 is 0 Å². The Hall–Kier alpha value is -2.72. The molecule has 150 valence electrons. The van der Waals surface area contributed by atoms with E-state index in [1.54, 1.807) is 0 Å². The highest BCUT2D eigenvalue weighted by atomic mass is 16.3. The smallest absolute Gasteiger partial charge is 0.159 e. The Labute approximate surface area is 173 Å². The lowest BCUT2D eigenvalue weighted by atomic mass is 9.95. The third kappa shape index (κ3) is 4.65. The summed E-state index contributed by atoms with van der Waals surface area (Å²) in [4.78, 5) is 11.6. The number of aliphatic hydroxyl groups is 1. The number of aryl methyl sites for hydroxylation is 1. The molecule has 3 aromatic rings. The first-order chi connectivity index (χ1) is 14.1. The van der Waals surface area contributed by atoms with Crippen LogP contribution in [-0.4, -0.2) is 34.3 Å². The van der Waals surface area contributed by atoms with Crippen molar-refractivity contribution in [3.8, 4) is 11.4 Å². The molecule has 2 unspecified atom stereocenters. The highest BCUT2D eigenvalue weighted by molar-refractivity contribution is 5.56. The molecule has 0 aliphatic carbocycles. The Morgan fingerprint density at radius 3 is 2.79 bits per heavy atom. The van der Waals surface area contributed by atoms with Gasteiger partial charge in [0.15, 0.2) is 5.82 Å². The monoisotopic (exact) mass is 387 g/mol. The Morgan fingerprint density at radius 2 is 2.00 bits per heavy atom. The first-order valence-electron chi connectivity index (χ1n) is 10.6. The Morgan fingerprint density at radius 1 is 1.14 bits per heavy atom. The van der Waals surface area contributed by atoms with Crippen molar-refractivity contribution >= 4 is 5.69 Å². The summed E-state index contributed by atoms with van der Waals surface area (Å²) in [5.74, 6) is 1.15. The molecule has 1 fully saturated rings. The van der Waals surface area contributed by atoms with E-state index in [4.69, 9.17) is 4.98 Å². The second-order valence-corrected chi connectivity index (χ2v) is 8.01. The Bertz CT molecular complexity index is 972. The maximum atomic E-state index is 9.83. The molecule has 2 aromatic carbocycles. The van der Waals surface area contributed by atoms with Crippen molar-refractivity contribution in [1.29, 1.82) is 0 Å². The summed E-state index contributed by atoms with van der Waals surface area (Å²) in [6, 6.07) is 19.2. The molecule has 29 heavy (non-hydrogen) atoms. The number of aromatic nitrogens is 2.